The normalized spacial score (nSPS) is 25.3. The smallest absolute Gasteiger partial charge is 0.225 e. The highest BCUT2D eigenvalue weighted by Gasteiger charge is 2.40. The lowest BCUT2D eigenvalue weighted by Gasteiger charge is -2.29. The Morgan fingerprint density at radius 2 is 1.96 bits per heavy atom. The van der Waals surface area contributed by atoms with Gasteiger partial charge in [0.05, 0.1) is 13.2 Å². The molecule has 3 atom stereocenters. The fourth-order valence-corrected chi connectivity index (χ4v) is 4.21. The number of nitrogens with zero attached hydrogens (tertiary/aromatic N) is 4. The third kappa shape index (κ3) is 3.15. The fourth-order valence-electron chi connectivity index (χ4n) is 4.21. The Balaban J connectivity index is 1.50. The van der Waals surface area contributed by atoms with E-state index in [-0.39, 0.29) is 0 Å². The average molecular weight is 328 g/mol. The fraction of sp³-hybridized carbons (Fsp3) is 0.611. The summed E-state index contributed by atoms with van der Waals surface area (Å²) in [6.07, 6.45) is 10.9. The molecule has 2 fully saturated rings. The van der Waals surface area contributed by atoms with Crippen molar-refractivity contribution in [2.24, 2.45) is 17.8 Å². The van der Waals surface area contributed by atoms with Crippen molar-refractivity contribution in [1.29, 1.82) is 0 Å². The highest BCUT2D eigenvalue weighted by atomic mass is 16.5. The van der Waals surface area contributed by atoms with Crippen LogP contribution >= 0.6 is 0 Å². The molecule has 0 aromatic carbocycles. The van der Waals surface area contributed by atoms with Crippen molar-refractivity contribution in [3.05, 3.63) is 36.0 Å². The van der Waals surface area contributed by atoms with Gasteiger partial charge >= 0.3 is 0 Å². The van der Waals surface area contributed by atoms with E-state index in [4.69, 9.17) is 9.26 Å². The van der Waals surface area contributed by atoms with Crippen LogP contribution in [-0.4, -0.2) is 28.8 Å². The number of fused-ring (bicyclic) bond motifs is 1. The zero-order valence-electron chi connectivity index (χ0n) is 14.1. The van der Waals surface area contributed by atoms with E-state index in [2.05, 4.69) is 20.0 Å². The lowest BCUT2D eigenvalue weighted by atomic mass is 9.77. The number of rotatable bonds is 7. The first-order valence-electron chi connectivity index (χ1n) is 8.76. The molecular formula is C18H24N4O2. The van der Waals surface area contributed by atoms with Crippen LogP contribution in [0.1, 0.15) is 36.9 Å². The van der Waals surface area contributed by atoms with E-state index in [1.807, 2.05) is 6.07 Å². The molecule has 128 valence electrons. The molecule has 0 amide bonds. The quantitative estimate of drug-likeness (QED) is 0.778. The third-order valence-corrected chi connectivity index (χ3v) is 5.53. The minimum absolute atomic E-state index is 0.461. The molecular weight excluding hydrogens is 304 g/mol. The summed E-state index contributed by atoms with van der Waals surface area (Å²) in [4.78, 5) is 11.2. The van der Waals surface area contributed by atoms with E-state index < -0.39 is 0 Å². The molecule has 0 aliphatic heterocycles. The van der Waals surface area contributed by atoms with Crippen molar-refractivity contribution in [2.75, 3.05) is 18.6 Å². The summed E-state index contributed by atoms with van der Waals surface area (Å²) in [6, 6.07) is 1.85. The van der Waals surface area contributed by atoms with Crippen LogP contribution in [0.3, 0.4) is 0 Å². The van der Waals surface area contributed by atoms with Crippen LogP contribution in [0.15, 0.2) is 29.2 Å². The first-order valence-corrected chi connectivity index (χ1v) is 8.76. The Hall–Kier alpha value is -1.95. The molecule has 1 unspecified atom stereocenters. The van der Waals surface area contributed by atoms with Gasteiger partial charge in [-0.3, -0.25) is 0 Å². The maximum atomic E-state index is 5.21. The van der Waals surface area contributed by atoms with Crippen LogP contribution < -0.4 is 4.90 Å². The molecule has 0 radical (unpaired) electrons. The summed E-state index contributed by atoms with van der Waals surface area (Å²) in [5, 5.41) is 4.05. The average Bonchev–Trinajstić information content (AvgIpc) is 3.14. The summed E-state index contributed by atoms with van der Waals surface area (Å²) < 4.78 is 10.4. The monoisotopic (exact) mass is 328 g/mol. The summed E-state index contributed by atoms with van der Waals surface area (Å²) in [7, 11) is 1.67. The van der Waals surface area contributed by atoms with E-state index >= 15 is 0 Å². The first kappa shape index (κ1) is 15.6. The predicted octanol–water partition coefficient (Wildman–Crippen LogP) is 3.05. The molecule has 0 bridgehead atoms. The molecule has 6 nitrogen and oxygen atoms in total. The summed E-state index contributed by atoms with van der Waals surface area (Å²) >= 11 is 0. The van der Waals surface area contributed by atoms with Crippen LogP contribution in [0, 0.1) is 17.8 Å². The van der Waals surface area contributed by atoms with Gasteiger partial charge in [0, 0.05) is 31.6 Å². The topological polar surface area (TPSA) is 64.3 Å². The lowest BCUT2D eigenvalue weighted by Crippen LogP contribution is -2.30. The van der Waals surface area contributed by atoms with Crippen LogP contribution in [0.2, 0.25) is 0 Å². The molecule has 2 aliphatic carbocycles. The van der Waals surface area contributed by atoms with Crippen LogP contribution in [-0.2, 0) is 17.9 Å². The number of methoxy groups -OCH3 is 1. The Labute approximate surface area is 142 Å². The Morgan fingerprint density at radius 3 is 2.62 bits per heavy atom. The van der Waals surface area contributed by atoms with Crippen molar-refractivity contribution >= 4 is 5.95 Å². The molecule has 2 aromatic heterocycles. The highest BCUT2D eigenvalue weighted by Crippen LogP contribution is 2.49. The van der Waals surface area contributed by atoms with Gasteiger partial charge in [-0.2, -0.15) is 0 Å². The van der Waals surface area contributed by atoms with Gasteiger partial charge < -0.3 is 14.2 Å². The Kier molecular flexibility index (Phi) is 4.47. The minimum Gasteiger partial charge on any atom is -0.378 e. The second-order valence-corrected chi connectivity index (χ2v) is 7.08. The molecule has 2 aromatic rings. The van der Waals surface area contributed by atoms with Gasteiger partial charge in [0.25, 0.3) is 0 Å². The molecule has 4 rings (SSSR count). The van der Waals surface area contributed by atoms with Crippen molar-refractivity contribution in [3.63, 3.8) is 0 Å². The molecule has 0 saturated heterocycles. The third-order valence-electron chi connectivity index (χ3n) is 5.53. The van der Waals surface area contributed by atoms with E-state index in [0.29, 0.717) is 13.2 Å². The van der Waals surface area contributed by atoms with Crippen molar-refractivity contribution in [1.82, 2.24) is 15.1 Å². The molecule has 2 aliphatic rings. The molecule has 0 N–H and O–H groups in total. The van der Waals surface area contributed by atoms with E-state index in [9.17, 15) is 0 Å². The number of ether oxygens (including phenoxy) is 1. The van der Waals surface area contributed by atoms with Gasteiger partial charge in [0.15, 0.2) is 0 Å². The maximum Gasteiger partial charge on any atom is 0.225 e. The molecule has 24 heavy (non-hydrogen) atoms. The van der Waals surface area contributed by atoms with E-state index in [1.165, 1.54) is 25.7 Å². The number of anilines is 1. The van der Waals surface area contributed by atoms with Crippen molar-refractivity contribution in [3.8, 4) is 0 Å². The van der Waals surface area contributed by atoms with Gasteiger partial charge in [0.2, 0.25) is 5.95 Å². The molecule has 2 heterocycles. The molecule has 6 heteroatoms. The Bertz CT molecular complexity index is 648. The molecule has 2 saturated carbocycles. The van der Waals surface area contributed by atoms with Crippen molar-refractivity contribution in [2.45, 2.75) is 38.8 Å². The van der Waals surface area contributed by atoms with Gasteiger partial charge in [-0.1, -0.05) is 5.16 Å². The summed E-state index contributed by atoms with van der Waals surface area (Å²) in [5.41, 5.74) is 1.90. The van der Waals surface area contributed by atoms with E-state index in [1.54, 1.807) is 25.8 Å². The van der Waals surface area contributed by atoms with Crippen LogP contribution in [0.25, 0.3) is 0 Å². The zero-order chi connectivity index (χ0) is 16.4. The largest absolute Gasteiger partial charge is 0.378 e. The van der Waals surface area contributed by atoms with Gasteiger partial charge in [0.1, 0.15) is 12.0 Å². The lowest BCUT2D eigenvalue weighted by molar-refractivity contribution is 0.176. The number of aromatic nitrogens is 3. The SMILES string of the molecule is COCc1nocc1CN(CC1C[C@H]2CC[C@H]2C1)c1ncccn1. The van der Waals surface area contributed by atoms with Crippen LogP contribution in [0.4, 0.5) is 5.95 Å². The van der Waals surface area contributed by atoms with Gasteiger partial charge in [-0.05, 0) is 49.5 Å². The standard InChI is InChI=1S/C18H24N4O2/c1-23-12-17-16(11-24-21-17)10-22(18-19-5-2-6-20-18)9-13-7-14-3-4-15(14)8-13/h2,5-6,11,13-15H,3-4,7-10,12H2,1H3/t13?,14-,15+. The highest BCUT2D eigenvalue weighted by molar-refractivity contribution is 5.32. The molecule has 0 spiro atoms. The van der Waals surface area contributed by atoms with Crippen LogP contribution in [0.5, 0.6) is 0 Å². The van der Waals surface area contributed by atoms with Crippen molar-refractivity contribution < 1.29 is 9.26 Å². The first-order chi connectivity index (χ1) is 11.8. The maximum absolute atomic E-state index is 5.21. The van der Waals surface area contributed by atoms with Gasteiger partial charge in [-0.25, -0.2) is 9.97 Å². The second kappa shape index (κ2) is 6.89. The Morgan fingerprint density at radius 1 is 1.21 bits per heavy atom. The van der Waals surface area contributed by atoms with Gasteiger partial charge in [-0.15, -0.1) is 0 Å². The zero-order valence-corrected chi connectivity index (χ0v) is 14.1. The number of hydrogen-bond acceptors (Lipinski definition) is 6. The summed E-state index contributed by atoms with van der Waals surface area (Å²) in [6.45, 7) is 2.16. The second-order valence-electron chi connectivity index (χ2n) is 7.08. The summed E-state index contributed by atoms with van der Waals surface area (Å²) in [5.74, 6) is 3.44. The minimum atomic E-state index is 0.461. The number of hydrogen-bond donors (Lipinski definition) is 0. The van der Waals surface area contributed by atoms with E-state index in [0.717, 1.165) is 41.5 Å². The predicted molar refractivity (Wildman–Crippen MR) is 89.2 cm³/mol.